The number of nitrogens with zero attached hydrogens (tertiary/aromatic N) is 3. The molecule has 1 aromatic heterocycles. The summed E-state index contributed by atoms with van der Waals surface area (Å²) in [5, 5.41) is 13.3. The minimum Gasteiger partial charge on any atom is -0.335 e. The van der Waals surface area contributed by atoms with Gasteiger partial charge in [-0.25, -0.2) is 9.59 Å². The van der Waals surface area contributed by atoms with Crippen molar-refractivity contribution in [3.63, 3.8) is 0 Å². The van der Waals surface area contributed by atoms with Crippen LogP contribution in [-0.2, 0) is 7.05 Å². The van der Waals surface area contributed by atoms with Gasteiger partial charge < -0.3 is 15.5 Å². The highest BCUT2D eigenvalue weighted by atomic mass is 16.2. The molecule has 8 heteroatoms. The molecule has 1 aliphatic heterocycles. The summed E-state index contributed by atoms with van der Waals surface area (Å²) < 4.78 is 1.66. The molecule has 0 aromatic carbocycles. The Labute approximate surface area is 154 Å². The Kier molecular flexibility index (Phi) is 6.00. The molecule has 3 rings (SSSR count). The number of urea groups is 2. The number of likely N-dealkylation sites (tertiary alicyclic amines) is 1. The van der Waals surface area contributed by atoms with Crippen LogP contribution in [0.15, 0.2) is 6.07 Å². The molecular weight excluding hydrogens is 332 g/mol. The lowest BCUT2D eigenvalue weighted by Crippen LogP contribution is -2.51. The zero-order valence-electron chi connectivity index (χ0n) is 15.8. The molecule has 1 saturated heterocycles. The molecule has 144 valence electrons. The number of hydrogen-bond donors (Lipinski definition) is 3. The molecule has 8 nitrogen and oxygen atoms in total. The second-order valence-electron chi connectivity index (χ2n) is 7.44. The van der Waals surface area contributed by atoms with Crippen LogP contribution in [0.4, 0.5) is 15.4 Å². The van der Waals surface area contributed by atoms with Crippen LogP contribution in [0.5, 0.6) is 0 Å². The van der Waals surface area contributed by atoms with Gasteiger partial charge in [-0.2, -0.15) is 5.10 Å². The molecule has 3 N–H and O–H groups in total. The fourth-order valence-electron chi connectivity index (χ4n) is 3.80. The average molecular weight is 362 g/mol. The maximum absolute atomic E-state index is 12.4. The van der Waals surface area contributed by atoms with Crippen molar-refractivity contribution in [3.05, 3.63) is 11.8 Å². The number of nitrogens with one attached hydrogen (secondary N) is 3. The fourth-order valence-corrected chi connectivity index (χ4v) is 3.80. The SMILES string of the molecule is Cc1cc(NC(=O)N2CCC(NC(=O)NC3CCCCC3)CC2)n(C)n1. The van der Waals surface area contributed by atoms with Gasteiger partial charge in [0.25, 0.3) is 0 Å². The monoisotopic (exact) mass is 362 g/mol. The first-order valence-corrected chi connectivity index (χ1v) is 9.65. The zero-order valence-corrected chi connectivity index (χ0v) is 15.8. The number of rotatable bonds is 3. The Balaban J connectivity index is 1.40. The van der Waals surface area contributed by atoms with E-state index in [4.69, 9.17) is 0 Å². The Hall–Kier alpha value is -2.25. The van der Waals surface area contributed by atoms with E-state index in [1.165, 1.54) is 19.3 Å². The first-order valence-electron chi connectivity index (χ1n) is 9.65. The normalized spacial score (nSPS) is 19.2. The highest BCUT2D eigenvalue weighted by Gasteiger charge is 2.25. The third-order valence-corrected chi connectivity index (χ3v) is 5.29. The van der Waals surface area contributed by atoms with E-state index >= 15 is 0 Å². The van der Waals surface area contributed by atoms with Gasteiger partial charge in [0.15, 0.2) is 0 Å². The van der Waals surface area contributed by atoms with Crippen LogP contribution in [0.3, 0.4) is 0 Å². The molecule has 0 atom stereocenters. The fraction of sp³-hybridized carbons (Fsp3) is 0.722. The van der Waals surface area contributed by atoms with E-state index < -0.39 is 0 Å². The Bertz CT molecular complexity index is 630. The highest BCUT2D eigenvalue weighted by molar-refractivity contribution is 5.88. The Morgan fingerprint density at radius 3 is 2.23 bits per heavy atom. The number of amides is 4. The molecule has 2 heterocycles. The summed E-state index contributed by atoms with van der Waals surface area (Å²) in [6.07, 6.45) is 7.40. The van der Waals surface area contributed by atoms with Crippen molar-refractivity contribution in [2.45, 2.75) is 64.0 Å². The van der Waals surface area contributed by atoms with Crippen molar-refractivity contribution < 1.29 is 9.59 Å². The highest BCUT2D eigenvalue weighted by Crippen LogP contribution is 2.18. The van der Waals surface area contributed by atoms with Gasteiger partial charge in [-0.3, -0.25) is 10.00 Å². The summed E-state index contributed by atoms with van der Waals surface area (Å²) in [6.45, 7) is 3.17. The van der Waals surface area contributed by atoms with Gasteiger partial charge >= 0.3 is 12.1 Å². The maximum atomic E-state index is 12.4. The number of carbonyl (C=O) groups excluding carboxylic acids is 2. The molecule has 0 radical (unpaired) electrons. The summed E-state index contributed by atoms with van der Waals surface area (Å²) in [7, 11) is 1.81. The molecular formula is C18H30N6O2. The molecule has 1 saturated carbocycles. The van der Waals surface area contributed by atoms with Crippen molar-refractivity contribution in [1.29, 1.82) is 0 Å². The molecule has 0 unspecified atom stereocenters. The van der Waals surface area contributed by atoms with Crippen LogP contribution in [0.25, 0.3) is 0 Å². The third-order valence-electron chi connectivity index (χ3n) is 5.29. The Morgan fingerprint density at radius 1 is 1.04 bits per heavy atom. The lowest BCUT2D eigenvalue weighted by Gasteiger charge is -2.33. The molecule has 0 spiro atoms. The summed E-state index contributed by atoms with van der Waals surface area (Å²) >= 11 is 0. The largest absolute Gasteiger partial charge is 0.335 e. The second kappa shape index (κ2) is 8.42. The van der Waals surface area contributed by atoms with Gasteiger partial charge in [0.05, 0.1) is 5.69 Å². The van der Waals surface area contributed by atoms with Gasteiger partial charge in [-0.15, -0.1) is 0 Å². The topological polar surface area (TPSA) is 91.3 Å². The number of anilines is 1. The van der Waals surface area contributed by atoms with E-state index in [1.54, 1.807) is 9.58 Å². The van der Waals surface area contributed by atoms with Crippen LogP contribution in [0.2, 0.25) is 0 Å². The van der Waals surface area contributed by atoms with Crippen molar-refractivity contribution in [2.75, 3.05) is 18.4 Å². The van der Waals surface area contributed by atoms with Crippen LogP contribution in [0, 0.1) is 6.92 Å². The minimum absolute atomic E-state index is 0.0647. The predicted octanol–water partition coefficient (Wildman–Crippen LogP) is 2.36. The van der Waals surface area contributed by atoms with E-state index in [0.29, 0.717) is 24.9 Å². The Morgan fingerprint density at radius 2 is 1.65 bits per heavy atom. The number of aromatic nitrogens is 2. The summed E-state index contributed by atoms with van der Waals surface area (Å²) in [6, 6.07) is 2.11. The second-order valence-corrected chi connectivity index (χ2v) is 7.44. The van der Waals surface area contributed by atoms with E-state index in [1.807, 2.05) is 20.0 Å². The van der Waals surface area contributed by atoms with Gasteiger partial charge in [-0.05, 0) is 32.6 Å². The molecule has 1 aliphatic carbocycles. The van der Waals surface area contributed by atoms with Crippen LogP contribution >= 0.6 is 0 Å². The van der Waals surface area contributed by atoms with Gasteiger partial charge in [0.2, 0.25) is 0 Å². The number of piperidine rings is 1. The smallest absolute Gasteiger partial charge is 0.323 e. The minimum atomic E-state index is -0.113. The molecule has 4 amide bonds. The predicted molar refractivity (Wildman–Crippen MR) is 100 cm³/mol. The summed E-state index contributed by atoms with van der Waals surface area (Å²) in [5.74, 6) is 0.694. The lowest BCUT2D eigenvalue weighted by molar-refractivity contribution is 0.186. The van der Waals surface area contributed by atoms with Crippen molar-refractivity contribution in [1.82, 2.24) is 25.3 Å². The quantitative estimate of drug-likeness (QED) is 0.771. The van der Waals surface area contributed by atoms with Crippen LogP contribution in [0.1, 0.15) is 50.6 Å². The summed E-state index contributed by atoms with van der Waals surface area (Å²) in [4.78, 5) is 26.3. The molecule has 0 bridgehead atoms. The molecule has 26 heavy (non-hydrogen) atoms. The van der Waals surface area contributed by atoms with E-state index in [0.717, 1.165) is 31.4 Å². The zero-order chi connectivity index (χ0) is 18.5. The summed E-state index contributed by atoms with van der Waals surface area (Å²) in [5.41, 5.74) is 0.870. The standard InChI is InChI=1S/C18H30N6O2/c1-13-12-16(23(2)22-13)21-18(26)24-10-8-15(9-11-24)20-17(25)19-14-6-4-3-5-7-14/h12,14-15H,3-11H2,1-2H3,(H,21,26)(H2,19,20,25). The van der Waals surface area contributed by atoms with Crippen molar-refractivity contribution in [3.8, 4) is 0 Å². The van der Waals surface area contributed by atoms with Crippen molar-refractivity contribution >= 4 is 17.9 Å². The first-order chi connectivity index (χ1) is 12.5. The number of carbonyl (C=O) groups is 2. The third kappa shape index (κ3) is 4.89. The molecule has 2 aliphatic rings. The number of hydrogen-bond acceptors (Lipinski definition) is 3. The first kappa shape index (κ1) is 18.5. The van der Waals surface area contributed by atoms with Crippen LogP contribution in [-0.4, -0.2) is 51.9 Å². The lowest BCUT2D eigenvalue weighted by atomic mass is 9.96. The van der Waals surface area contributed by atoms with Gasteiger partial charge in [0.1, 0.15) is 5.82 Å². The van der Waals surface area contributed by atoms with Crippen LogP contribution < -0.4 is 16.0 Å². The van der Waals surface area contributed by atoms with Gasteiger partial charge in [0, 0.05) is 38.3 Å². The molecule has 2 fully saturated rings. The maximum Gasteiger partial charge on any atom is 0.323 e. The average Bonchev–Trinajstić information content (AvgIpc) is 2.93. The molecule has 1 aromatic rings. The van der Waals surface area contributed by atoms with Gasteiger partial charge in [-0.1, -0.05) is 19.3 Å². The van der Waals surface area contributed by atoms with E-state index in [2.05, 4.69) is 21.0 Å². The number of aryl methyl sites for hydroxylation is 2. The van der Waals surface area contributed by atoms with E-state index in [-0.39, 0.29) is 18.1 Å². The van der Waals surface area contributed by atoms with Crippen molar-refractivity contribution in [2.24, 2.45) is 7.05 Å². The van der Waals surface area contributed by atoms with E-state index in [9.17, 15) is 9.59 Å².